The first-order valence-electron chi connectivity index (χ1n) is 6.19. The molecule has 0 radical (unpaired) electrons. The molecule has 0 amide bonds. The Morgan fingerprint density at radius 2 is 1.42 bits per heavy atom. The van der Waals surface area contributed by atoms with Crippen LogP contribution in [0.25, 0.3) is 0 Å². The summed E-state index contributed by atoms with van der Waals surface area (Å²) in [6.07, 6.45) is 0. The van der Waals surface area contributed by atoms with Gasteiger partial charge in [-0.3, -0.25) is 19.7 Å². The van der Waals surface area contributed by atoms with E-state index in [1.807, 2.05) is 0 Å². The average Bonchev–Trinajstić information content (AvgIpc) is 2.50. The van der Waals surface area contributed by atoms with Crippen LogP contribution >= 0.6 is 0 Å². The van der Waals surface area contributed by atoms with Crippen LogP contribution < -0.4 is 29.6 Å². The van der Waals surface area contributed by atoms with Crippen molar-refractivity contribution in [1.82, 2.24) is 0 Å². The van der Waals surface area contributed by atoms with E-state index in [-0.39, 0.29) is 40.7 Å². The third-order valence-corrected chi connectivity index (χ3v) is 4.36. The van der Waals surface area contributed by atoms with Gasteiger partial charge in [0.15, 0.2) is 5.78 Å². The second-order valence-electron chi connectivity index (χ2n) is 4.75. The molecule has 0 spiro atoms. The predicted molar refractivity (Wildman–Crippen MR) is 74.4 cm³/mol. The molecule has 0 aromatic heterocycles. The van der Waals surface area contributed by atoms with Crippen molar-refractivity contribution in [3.8, 4) is 0 Å². The molecule has 0 unspecified atom stereocenters. The van der Waals surface area contributed by atoms with Crippen LogP contribution in [0.4, 0.5) is 5.69 Å². The zero-order valence-corrected chi connectivity index (χ0v) is 15.0. The Bertz CT molecular complexity index is 1010. The van der Waals surface area contributed by atoms with E-state index in [2.05, 4.69) is 0 Å². The standard InChI is InChI=1S/C14H7NO7S.Na/c16-13-7-3-1-5-9(15(18)19)11(7)14(17)12-8(13)4-2-6-10(12)23(20,21)22;/h1-6H,(H,20,21,22);/q;+1/p-1. The molecule has 3 rings (SSSR count). The fraction of sp³-hybridized carbons (Fsp3) is 0. The van der Waals surface area contributed by atoms with E-state index >= 15 is 0 Å². The average molecular weight is 355 g/mol. The van der Waals surface area contributed by atoms with Crippen molar-refractivity contribution < 1.29 is 57.0 Å². The number of nitro groups is 1. The number of rotatable bonds is 2. The summed E-state index contributed by atoms with van der Waals surface area (Å²) in [4.78, 5) is 34.4. The van der Waals surface area contributed by atoms with Gasteiger partial charge < -0.3 is 4.55 Å². The van der Waals surface area contributed by atoms with Crippen LogP contribution in [0.3, 0.4) is 0 Å². The maximum Gasteiger partial charge on any atom is 1.00 e. The molecular weight excluding hydrogens is 349 g/mol. The predicted octanol–water partition coefficient (Wildman–Crippen LogP) is -1.72. The van der Waals surface area contributed by atoms with Gasteiger partial charge in [0, 0.05) is 17.2 Å². The molecule has 0 aliphatic heterocycles. The fourth-order valence-electron chi connectivity index (χ4n) is 2.55. The zero-order valence-electron chi connectivity index (χ0n) is 12.2. The van der Waals surface area contributed by atoms with Crippen LogP contribution in [0.15, 0.2) is 41.3 Å². The summed E-state index contributed by atoms with van der Waals surface area (Å²) in [6.45, 7) is 0. The number of hydrogen-bond donors (Lipinski definition) is 0. The third kappa shape index (κ3) is 2.70. The van der Waals surface area contributed by atoms with Crippen molar-refractivity contribution in [2.24, 2.45) is 0 Å². The van der Waals surface area contributed by atoms with Crippen LogP contribution in [0.1, 0.15) is 31.8 Å². The van der Waals surface area contributed by atoms with E-state index in [1.54, 1.807) is 0 Å². The Balaban J connectivity index is 0.00000208. The number of carbonyl (C=O) groups excluding carboxylic acids is 2. The fourth-order valence-corrected chi connectivity index (χ4v) is 3.25. The van der Waals surface area contributed by atoms with Crippen molar-refractivity contribution >= 4 is 27.4 Å². The van der Waals surface area contributed by atoms with E-state index < -0.39 is 48.3 Å². The molecule has 0 saturated carbocycles. The molecule has 0 atom stereocenters. The van der Waals surface area contributed by atoms with Crippen LogP contribution in [-0.4, -0.2) is 29.5 Å². The molecule has 116 valence electrons. The molecule has 1 aliphatic carbocycles. The molecule has 0 N–H and O–H groups in total. The smallest absolute Gasteiger partial charge is 0.744 e. The molecule has 0 saturated heterocycles. The van der Waals surface area contributed by atoms with E-state index in [1.165, 1.54) is 18.2 Å². The maximum atomic E-state index is 12.6. The molecule has 8 nitrogen and oxygen atoms in total. The summed E-state index contributed by atoms with van der Waals surface area (Å²) in [5.41, 5.74) is -2.21. The van der Waals surface area contributed by atoms with E-state index in [9.17, 15) is 32.7 Å². The van der Waals surface area contributed by atoms with E-state index in [0.717, 1.165) is 18.2 Å². The Morgan fingerprint density at radius 3 is 1.96 bits per heavy atom. The first-order valence-corrected chi connectivity index (χ1v) is 7.60. The second kappa shape index (κ2) is 6.19. The summed E-state index contributed by atoms with van der Waals surface area (Å²) in [7, 11) is -5.03. The SMILES string of the molecule is O=C1c2cccc([N+](=O)[O-])c2C(=O)c2c1cccc2S(=O)(=O)[O-].[Na+]. The topological polar surface area (TPSA) is 134 Å². The van der Waals surface area contributed by atoms with Gasteiger partial charge in [0.05, 0.1) is 15.4 Å². The minimum atomic E-state index is -5.03. The summed E-state index contributed by atoms with van der Waals surface area (Å²) in [5, 5.41) is 11.1. The number of fused-ring (bicyclic) bond motifs is 2. The first kappa shape index (κ1) is 18.4. The van der Waals surface area contributed by atoms with Crippen LogP contribution in [0.5, 0.6) is 0 Å². The first-order chi connectivity index (χ1) is 10.7. The monoisotopic (exact) mass is 355 g/mol. The minimum absolute atomic E-state index is 0. The number of hydrogen-bond acceptors (Lipinski definition) is 7. The molecule has 1 aliphatic rings. The van der Waals surface area contributed by atoms with Gasteiger partial charge in [-0.15, -0.1) is 0 Å². The van der Waals surface area contributed by atoms with Crippen molar-refractivity contribution in [3.05, 3.63) is 68.8 Å². The number of nitro benzene ring substituents is 1. The molecule has 24 heavy (non-hydrogen) atoms. The quantitative estimate of drug-likeness (QED) is 0.231. The van der Waals surface area contributed by atoms with Gasteiger partial charge in [0.1, 0.15) is 15.7 Å². The van der Waals surface area contributed by atoms with Gasteiger partial charge in [-0.2, -0.15) is 0 Å². The van der Waals surface area contributed by atoms with Crippen molar-refractivity contribution in [3.63, 3.8) is 0 Å². The number of benzene rings is 2. The van der Waals surface area contributed by atoms with Gasteiger partial charge >= 0.3 is 29.6 Å². The molecule has 0 bridgehead atoms. The molecule has 2 aromatic rings. The van der Waals surface area contributed by atoms with Gasteiger partial charge in [0.2, 0.25) is 5.78 Å². The van der Waals surface area contributed by atoms with Gasteiger partial charge in [0.25, 0.3) is 5.69 Å². The maximum absolute atomic E-state index is 12.6. The van der Waals surface area contributed by atoms with Crippen molar-refractivity contribution in [1.29, 1.82) is 0 Å². The number of nitrogens with zero attached hydrogens (tertiary/aromatic N) is 1. The second-order valence-corrected chi connectivity index (χ2v) is 6.10. The molecule has 0 fully saturated rings. The summed E-state index contributed by atoms with van der Waals surface area (Å²) >= 11 is 0. The van der Waals surface area contributed by atoms with Gasteiger partial charge in [-0.25, -0.2) is 8.42 Å². The molecule has 0 heterocycles. The van der Waals surface area contributed by atoms with Crippen LogP contribution in [0, 0.1) is 10.1 Å². The zero-order chi connectivity index (χ0) is 16.9. The summed E-state index contributed by atoms with van der Waals surface area (Å²) in [5.74, 6) is -1.78. The van der Waals surface area contributed by atoms with Gasteiger partial charge in [-0.05, 0) is 12.1 Å². The van der Waals surface area contributed by atoms with E-state index in [4.69, 9.17) is 0 Å². The molecule has 2 aromatic carbocycles. The van der Waals surface area contributed by atoms with Gasteiger partial charge in [-0.1, -0.05) is 18.2 Å². The number of ketones is 2. The Morgan fingerprint density at radius 1 is 0.875 bits per heavy atom. The van der Waals surface area contributed by atoms with Crippen molar-refractivity contribution in [2.45, 2.75) is 4.90 Å². The Hall–Kier alpha value is -1.91. The van der Waals surface area contributed by atoms with Crippen LogP contribution in [0.2, 0.25) is 0 Å². The normalized spacial score (nSPS) is 12.9. The Labute approximate surface area is 157 Å². The third-order valence-electron chi connectivity index (χ3n) is 3.48. The number of carbonyl (C=O) groups is 2. The largest absolute Gasteiger partial charge is 1.00 e. The summed E-state index contributed by atoms with van der Waals surface area (Å²) in [6, 6.07) is 6.78. The Kier molecular flexibility index (Phi) is 4.75. The minimum Gasteiger partial charge on any atom is -0.744 e. The molecular formula is C14H6NNaO7S. The van der Waals surface area contributed by atoms with E-state index in [0.29, 0.717) is 0 Å². The molecule has 10 heteroatoms. The van der Waals surface area contributed by atoms with Crippen LogP contribution in [-0.2, 0) is 10.1 Å². The summed E-state index contributed by atoms with van der Waals surface area (Å²) < 4.78 is 34.0. The van der Waals surface area contributed by atoms with Crippen molar-refractivity contribution in [2.75, 3.05) is 0 Å².